The average Bonchev–Trinajstić information content (AvgIpc) is 2.75. The number of phenols is 1. The number of carbonyl (C=O) groups excluding carboxylic acids is 2. The summed E-state index contributed by atoms with van der Waals surface area (Å²) in [6.45, 7) is 0. The highest BCUT2D eigenvalue weighted by Crippen LogP contribution is 2.30. The van der Waals surface area contributed by atoms with Gasteiger partial charge in [0.25, 0.3) is 11.6 Å². The number of aromatic hydroxyl groups is 1. The number of carbonyl (C=O) groups is 2. The van der Waals surface area contributed by atoms with E-state index in [1.807, 2.05) is 0 Å². The molecule has 10 heteroatoms. The number of anilines is 2. The fourth-order valence-corrected chi connectivity index (χ4v) is 3.18. The first-order valence-electron chi connectivity index (χ1n) is 8.85. The molecule has 0 aliphatic rings. The summed E-state index contributed by atoms with van der Waals surface area (Å²) >= 11 is 3.18. The maximum Gasteiger partial charge on any atom is 0.341 e. The van der Waals surface area contributed by atoms with Gasteiger partial charge in [-0.15, -0.1) is 0 Å². The fraction of sp³-hybridized carbons (Fsp3) is 0.0476. The molecule has 0 saturated heterocycles. The number of nitrogen functional groups attached to an aromatic ring is 1. The second-order valence-corrected chi connectivity index (χ2v) is 7.23. The zero-order chi connectivity index (χ0) is 22.5. The number of nitro groups is 1. The first-order valence-corrected chi connectivity index (χ1v) is 9.65. The van der Waals surface area contributed by atoms with Crippen molar-refractivity contribution in [2.75, 3.05) is 11.1 Å². The summed E-state index contributed by atoms with van der Waals surface area (Å²) in [6.07, 6.45) is -1.35. The maximum absolute atomic E-state index is 13.0. The Bertz CT molecular complexity index is 1150. The second-order valence-electron chi connectivity index (χ2n) is 6.38. The summed E-state index contributed by atoms with van der Waals surface area (Å²) in [5.41, 5.74) is 6.26. The van der Waals surface area contributed by atoms with Crippen molar-refractivity contribution in [3.8, 4) is 5.75 Å². The second kappa shape index (κ2) is 9.26. The van der Waals surface area contributed by atoms with Gasteiger partial charge in [0.05, 0.1) is 16.2 Å². The van der Waals surface area contributed by atoms with E-state index < -0.39 is 22.9 Å². The number of halogens is 1. The molecule has 3 aromatic rings. The molecular weight excluding hydrogens is 470 g/mol. The van der Waals surface area contributed by atoms with Gasteiger partial charge in [-0.3, -0.25) is 14.9 Å². The van der Waals surface area contributed by atoms with E-state index >= 15 is 0 Å². The number of amides is 1. The number of rotatable bonds is 6. The van der Waals surface area contributed by atoms with Crippen molar-refractivity contribution in [3.63, 3.8) is 0 Å². The van der Waals surface area contributed by atoms with Gasteiger partial charge in [-0.1, -0.05) is 30.3 Å². The Kier molecular flexibility index (Phi) is 6.51. The van der Waals surface area contributed by atoms with Crippen molar-refractivity contribution in [1.29, 1.82) is 0 Å². The van der Waals surface area contributed by atoms with Crippen molar-refractivity contribution < 1.29 is 24.4 Å². The maximum atomic E-state index is 13.0. The van der Waals surface area contributed by atoms with Gasteiger partial charge in [-0.05, 0) is 40.2 Å². The fourth-order valence-electron chi connectivity index (χ4n) is 2.71. The smallest absolute Gasteiger partial charge is 0.341 e. The highest BCUT2D eigenvalue weighted by molar-refractivity contribution is 9.10. The predicted molar refractivity (Wildman–Crippen MR) is 117 cm³/mol. The van der Waals surface area contributed by atoms with Gasteiger partial charge in [-0.25, -0.2) is 4.79 Å². The van der Waals surface area contributed by atoms with Gasteiger partial charge in [0.15, 0.2) is 0 Å². The number of benzene rings is 3. The van der Waals surface area contributed by atoms with Crippen molar-refractivity contribution in [3.05, 3.63) is 92.4 Å². The van der Waals surface area contributed by atoms with E-state index in [0.29, 0.717) is 5.56 Å². The molecule has 1 atom stereocenters. The molecule has 1 unspecified atom stereocenters. The summed E-state index contributed by atoms with van der Waals surface area (Å²) in [5, 5.41) is 23.1. The summed E-state index contributed by atoms with van der Waals surface area (Å²) in [5.74, 6) is -1.77. The molecule has 0 fully saturated rings. The third-order valence-electron chi connectivity index (χ3n) is 4.24. The van der Waals surface area contributed by atoms with E-state index in [2.05, 4.69) is 21.2 Å². The molecule has 0 heterocycles. The standard InChI is InChI=1S/C21H16BrN3O6/c22-16-10-13(25(29)30)6-9-18(16)24-20(27)19(12-4-2-1-3-5-12)31-21(28)15-11-14(26)7-8-17(15)23/h1-11,19,26H,23H2,(H,24,27). The van der Waals surface area contributed by atoms with E-state index in [-0.39, 0.29) is 32.8 Å². The van der Waals surface area contributed by atoms with Crippen LogP contribution in [-0.4, -0.2) is 21.9 Å². The van der Waals surface area contributed by atoms with Gasteiger partial charge < -0.3 is 20.9 Å². The Morgan fingerprint density at radius 2 is 1.81 bits per heavy atom. The Hall–Kier alpha value is -3.92. The van der Waals surface area contributed by atoms with Crippen LogP contribution in [0.1, 0.15) is 22.0 Å². The van der Waals surface area contributed by atoms with Gasteiger partial charge in [0.1, 0.15) is 5.75 Å². The molecule has 158 valence electrons. The van der Waals surface area contributed by atoms with E-state index in [1.54, 1.807) is 30.3 Å². The van der Waals surface area contributed by atoms with Gasteiger partial charge in [0, 0.05) is 27.9 Å². The molecule has 0 aromatic heterocycles. The first kappa shape index (κ1) is 21.8. The lowest BCUT2D eigenvalue weighted by Crippen LogP contribution is -2.26. The van der Waals surface area contributed by atoms with Gasteiger partial charge in [-0.2, -0.15) is 0 Å². The number of ether oxygens (including phenoxy) is 1. The molecule has 0 aliphatic carbocycles. The zero-order valence-corrected chi connectivity index (χ0v) is 17.4. The molecule has 1 amide bonds. The van der Waals surface area contributed by atoms with Crippen LogP contribution in [0.2, 0.25) is 0 Å². The minimum absolute atomic E-state index is 0.0770. The van der Waals surface area contributed by atoms with Gasteiger partial charge >= 0.3 is 5.97 Å². The summed E-state index contributed by atoms with van der Waals surface area (Å²) in [7, 11) is 0. The molecule has 31 heavy (non-hydrogen) atoms. The van der Waals surface area contributed by atoms with Crippen LogP contribution in [0.3, 0.4) is 0 Å². The summed E-state index contributed by atoms with van der Waals surface area (Å²) in [4.78, 5) is 36.0. The molecular formula is C21H16BrN3O6. The topological polar surface area (TPSA) is 145 Å². The molecule has 3 rings (SSSR count). The SMILES string of the molecule is Nc1ccc(O)cc1C(=O)OC(C(=O)Nc1ccc([N+](=O)[O-])cc1Br)c1ccccc1. The van der Waals surface area contributed by atoms with Crippen LogP contribution >= 0.6 is 15.9 Å². The Balaban J connectivity index is 1.89. The van der Waals surface area contributed by atoms with Crippen molar-refractivity contribution >= 4 is 44.9 Å². The number of phenolic OH excluding ortho intramolecular Hbond substituents is 1. The molecule has 0 aliphatic heterocycles. The van der Waals surface area contributed by atoms with Crippen LogP contribution < -0.4 is 11.1 Å². The number of nitrogens with zero attached hydrogens (tertiary/aromatic N) is 1. The van der Waals surface area contributed by atoms with Crippen LogP contribution in [0, 0.1) is 10.1 Å². The number of esters is 1. The molecule has 9 nitrogen and oxygen atoms in total. The molecule has 0 bridgehead atoms. The Labute approximate surface area is 184 Å². The zero-order valence-electron chi connectivity index (χ0n) is 15.8. The lowest BCUT2D eigenvalue weighted by Gasteiger charge is -2.19. The number of hydrogen-bond donors (Lipinski definition) is 3. The summed E-state index contributed by atoms with van der Waals surface area (Å²) in [6, 6.07) is 15.9. The van der Waals surface area contributed by atoms with Crippen molar-refractivity contribution in [2.45, 2.75) is 6.10 Å². The monoisotopic (exact) mass is 485 g/mol. The van der Waals surface area contributed by atoms with Crippen LogP contribution in [0.5, 0.6) is 5.75 Å². The highest BCUT2D eigenvalue weighted by atomic mass is 79.9. The molecule has 0 radical (unpaired) electrons. The molecule has 4 N–H and O–H groups in total. The van der Waals surface area contributed by atoms with E-state index in [0.717, 1.165) is 6.07 Å². The quantitative estimate of drug-likeness (QED) is 0.156. The van der Waals surface area contributed by atoms with E-state index in [4.69, 9.17) is 10.5 Å². The first-order chi connectivity index (χ1) is 14.8. The van der Waals surface area contributed by atoms with Crippen LogP contribution in [-0.2, 0) is 9.53 Å². The number of nitrogens with two attached hydrogens (primary N) is 1. The third kappa shape index (κ3) is 5.17. The minimum Gasteiger partial charge on any atom is -0.508 e. The molecule has 0 saturated carbocycles. The summed E-state index contributed by atoms with van der Waals surface area (Å²) < 4.78 is 5.71. The largest absolute Gasteiger partial charge is 0.508 e. The Morgan fingerprint density at radius 3 is 2.45 bits per heavy atom. The highest BCUT2D eigenvalue weighted by Gasteiger charge is 2.27. The van der Waals surface area contributed by atoms with E-state index in [1.165, 1.54) is 30.3 Å². The lowest BCUT2D eigenvalue weighted by molar-refractivity contribution is -0.384. The normalized spacial score (nSPS) is 11.4. The number of hydrogen-bond acceptors (Lipinski definition) is 7. The number of nitrogens with one attached hydrogen (secondary N) is 1. The Morgan fingerprint density at radius 1 is 1.10 bits per heavy atom. The van der Waals surface area contributed by atoms with Gasteiger partial charge in [0.2, 0.25) is 6.10 Å². The van der Waals surface area contributed by atoms with E-state index in [9.17, 15) is 24.8 Å². The van der Waals surface area contributed by atoms with Crippen LogP contribution in [0.25, 0.3) is 0 Å². The predicted octanol–water partition coefficient (Wildman–Crippen LogP) is 4.18. The molecule has 0 spiro atoms. The average molecular weight is 486 g/mol. The number of non-ortho nitro benzene ring substituents is 1. The lowest BCUT2D eigenvalue weighted by atomic mass is 10.1. The van der Waals surface area contributed by atoms with Crippen LogP contribution in [0.15, 0.2) is 71.2 Å². The number of nitro benzene ring substituents is 1. The third-order valence-corrected chi connectivity index (χ3v) is 4.90. The minimum atomic E-state index is -1.35. The molecule has 3 aromatic carbocycles. The van der Waals surface area contributed by atoms with Crippen molar-refractivity contribution in [1.82, 2.24) is 0 Å². The van der Waals surface area contributed by atoms with Crippen molar-refractivity contribution in [2.24, 2.45) is 0 Å². The van der Waals surface area contributed by atoms with Crippen LogP contribution in [0.4, 0.5) is 17.1 Å².